The molecule has 1 saturated carbocycles. The molecule has 3 atom stereocenters. The topological polar surface area (TPSA) is 35.5 Å². The third-order valence-corrected chi connectivity index (χ3v) is 4.07. The van der Waals surface area contributed by atoms with E-state index in [0.717, 1.165) is 25.7 Å². The molecule has 0 aliphatic heterocycles. The van der Waals surface area contributed by atoms with Gasteiger partial charge in [-0.1, -0.05) is 43.7 Å². The minimum Gasteiger partial charge on any atom is -0.460 e. The summed E-state index contributed by atoms with van der Waals surface area (Å²) in [6, 6.07) is 10.1. The van der Waals surface area contributed by atoms with E-state index in [1.54, 1.807) is 7.11 Å². The number of methoxy groups -OCH3 is 1. The predicted molar refractivity (Wildman–Crippen MR) is 78.6 cm³/mol. The maximum absolute atomic E-state index is 12.1. The van der Waals surface area contributed by atoms with Crippen molar-refractivity contribution < 1.29 is 14.3 Å². The Labute approximate surface area is 121 Å². The second-order valence-corrected chi connectivity index (χ2v) is 5.60. The average Bonchev–Trinajstić information content (AvgIpc) is 2.48. The number of hydrogen-bond acceptors (Lipinski definition) is 3. The predicted octanol–water partition coefficient (Wildman–Crippen LogP) is 3.68. The van der Waals surface area contributed by atoms with E-state index in [4.69, 9.17) is 9.47 Å². The fourth-order valence-electron chi connectivity index (χ4n) is 2.83. The van der Waals surface area contributed by atoms with E-state index in [2.05, 4.69) is 19.1 Å². The van der Waals surface area contributed by atoms with Gasteiger partial charge in [-0.05, 0) is 30.7 Å². The van der Waals surface area contributed by atoms with Crippen LogP contribution < -0.4 is 0 Å². The molecule has 3 nitrogen and oxygen atoms in total. The molecule has 1 fully saturated rings. The lowest BCUT2D eigenvalue weighted by atomic mass is 9.94. The molecule has 0 N–H and O–H groups in total. The number of ether oxygens (including phenoxy) is 2. The lowest BCUT2D eigenvalue weighted by Gasteiger charge is -2.30. The Balaban J connectivity index is 1.85. The van der Waals surface area contributed by atoms with Crippen LogP contribution in [0.3, 0.4) is 0 Å². The molecular weight excluding hydrogens is 252 g/mol. The van der Waals surface area contributed by atoms with Gasteiger partial charge >= 0.3 is 5.97 Å². The van der Waals surface area contributed by atoms with Crippen LogP contribution in [-0.2, 0) is 14.3 Å². The Morgan fingerprint density at radius 2 is 1.85 bits per heavy atom. The number of rotatable bonds is 5. The van der Waals surface area contributed by atoms with Gasteiger partial charge in [-0.3, -0.25) is 4.79 Å². The van der Waals surface area contributed by atoms with E-state index in [1.807, 2.05) is 18.2 Å². The molecule has 110 valence electrons. The lowest BCUT2D eigenvalue weighted by Crippen LogP contribution is -2.35. The highest BCUT2D eigenvalue weighted by Crippen LogP contribution is 2.25. The summed E-state index contributed by atoms with van der Waals surface area (Å²) >= 11 is 0. The first-order valence-corrected chi connectivity index (χ1v) is 7.48. The molecule has 3 unspecified atom stereocenters. The van der Waals surface area contributed by atoms with Gasteiger partial charge in [0.2, 0.25) is 0 Å². The monoisotopic (exact) mass is 276 g/mol. The number of esters is 1. The smallest absolute Gasteiger partial charge is 0.306 e. The van der Waals surface area contributed by atoms with E-state index in [-0.39, 0.29) is 24.1 Å². The summed E-state index contributed by atoms with van der Waals surface area (Å²) in [5.74, 6) is 0.0728. The number of benzene rings is 1. The van der Waals surface area contributed by atoms with Crippen LogP contribution in [0.25, 0.3) is 0 Å². The van der Waals surface area contributed by atoms with Crippen molar-refractivity contribution in [1.82, 2.24) is 0 Å². The molecule has 0 saturated heterocycles. The molecule has 1 aliphatic carbocycles. The quantitative estimate of drug-likeness (QED) is 0.770. The van der Waals surface area contributed by atoms with Crippen LogP contribution in [0.1, 0.15) is 50.5 Å². The van der Waals surface area contributed by atoms with Crippen LogP contribution in [0, 0.1) is 0 Å². The lowest BCUT2D eigenvalue weighted by molar-refractivity contribution is -0.159. The molecule has 0 bridgehead atoms. The molecule has 0 aromatic heterocycles. The van der Waals surface area contributed by atoms with Crippen LogP contribution in [-0.4, -0.2) is 25.3 Å². The summed E-state index contributed by atoms with van der Waals surface area (Å²) in [5, 5.41) is 0. The molecule has 2 rings (SSSR count). The maximum Gasteiger partial charge on any atom is 0.306 e. The highest BCUT2D eigenvalue weighted by molar-refractivity contribution is 5.70. The number of carbonyl (C=O) groups is 1. The van der Waals surface area contributed by atoms with Crippen molar-refractivity contribution in [2.75, 3.05) is 7.11 Å². The standard InChI is InChI=1S/C17H24O3/c1-13(14-8-4-3-5-9-14)12-17(18)20-16-11-7-6-10-15(16)19-2/h3-5,8-9,13,15-16H,6-7,10-12H2,1-2H3. The molecular formula is C17H24O3. The van der Waals surface area contributed by atoms with Crippen molar-refractivity contribution in [2.45, 2.75) is 57.2 Å². The molecule has 0 radical (unpaired) electrons. The molecule has 0 heterocycles. The average molecular weight is 276 g/mol. The van der Waals surface area contributed by atoms with E-state index in [9.17, 15) is 4.79 Å². The number of carbonyl (C=O) groups excluding carboxylic acids is 1. The summed E-state index contributed by atoms with van der Waals surface area (Å²) < 4.78 is 11.0. The summed E-state index contributed by atoms with van der Waals surface area (Å²) in [4.78, 5) is 12.1. The van der Waals surface area contributed by atoms with Gasteiger partial charge in [-0.25, -0.2) is 0 Å². The molecule has 1 aromatic rings. The van der Waals surface area contributed by atoms with Crippen LogP contribution in [0.4, 0.5) is 0 Å². The van der Waals surface area contributed by atoms with Crippen molar-refractivity contribution in [1.29, 1.82) is 0 Å². The Hall–Kier alpha value is -1.35. The highest BCUT2D eigenvalue weighted by Gasteiger charge is 2.28. The van der Waals surface area contributed by atoms with Gasteiger partial charge in [0.25, 0.3) is 0 Å². The first-order valence-electron chi connectivity index (χ1n) is 7.48. The van der Waals surface area contributed by atoms with Crippen molar-refractivity contribution in [3.8, 4) is 0 Å². The van der Waals surface area contributed by atoms with Crippen molar-refractivity contribution in [2.24, 2.45) is 0 Å². The van der Waals surface area contributed by atoms with Crippen molar-refractivity contribution in [3.05, 3.63) is 35.9 Å². The van der Waals surface area contributed by atoms with Crippen LogP contribution >= 0.6 is 0 Å². The van der Waals surface area contributed by atoms with Gasteiger partial charge in [0.05, 0.1) is 12.5 Å². The minimum atomic E-state index is -0.115. The summed E-state index contributed by atoms with van der Waals surface area (Å²) in [6.45, 7) is 2.06. The zero-order chi connectivity index (χ0) is 14.4. The summed E-state index contributed by atoms with van der Waals surface area (Å²) in [7, 11) is 1.70. The zero-order valence-corrected chi connectivity index (χ0v) is 12.4. The Kier molecular flexibility index (Phi) is 5.60. The second kappa shape index (κ2) is 7.44. The Bertz CT molecular complexity index is 416. The van der Waals surface area contributed by atoms with Gasteiger partial charge in [-0.15, -0.1) is 0 Å². The third-order valence-electron chi connectivity index (χ3n) is 4.07. The fraction of sp³-hybridized carbons (Fsp3) is 0.588. The highest BCUT2D eigenvalue weighted by atomic mass is 16.6. The minimum absolute atomic E-state index is 0.0655. The van der Waals surface area contributed by atoms with Gasteiger partial charge in [0, 0.05) is 7.11 Å². The van der Waals surface area contributed by atoms with E-state index in [1.165, 1.54) is 5.56 Å². The summed E-state index contributed by atoms with van der Waals surface area (Å²) in [6.07, 6.45) is 4.62. The van der Waals surface area contributed by atoms with Crippen LogP contribution in [0.15, 0.2) is 30.3 Å². The molecule has 1 aromatic carbocycles. The normalized spacial score (nSPS) is 24.1. The molecule has 20 heavy (non-hydrogen) atoms. The SMILES string of the molecule is COC1CCCCC1OC(=O)CC(C)c1ccccc1. The zero-order valence-electron chi connectivity index (χ0n) is 12.4. The number of hydrogen-bond donors (Lipinski definition) is 0. The molecule has 0 amide bonds. The molecule has 3 heteroatoms. The van der Waals surface area contributed by atoms with Crippen LogP contribution in [0.2, 0.25) is 0 Å². The molecule has 1 aliphatic rings. The van der Waals surface area contributed by atoms with E-state index < -0.39 is 0 Å². The first-order chi connectivity index (χ1) is 9.70. The van der Waals surface area contributed by atoms with Crippen LogP contribution in [0.5, 0.6) is 0 Å². The largest absolute Gasteiger partial charge is 0.460 e. The molecule has 0 spiro atoms. The van der Waals surface area contributed by atoms with Gasteiger partial charge in [0.1, 0.15) is 6.10 Å². The van der Waals surface area contributed by atoms with Gasteiger partial charge in [0.15, 0.2) is 0 Å². The first kappa shape index (κ1) is 15.0. The van der Waals surface area contributed by atoms with E-state index >= 15 is 0 Å². The Morgan fingerprint density at radius 3 is 2.50 bits per heavy atom. The van der Waals surface area contributed by atoms with Gasteiger partial charge < -0.3 is 9.47 Å². The van der Waals surface area contributed by atoms with Crippen molar-refractivity contribution >= 4 is 5.97 Å². The second-order valence-electron chi connectivity index (χ2n) is 5.60. The van der Waals surface area contributed by atoms with Crippen molar-refractivity contribution in [3.63, 3.8) is 0 Å². The third kappa shape index (κ3) is 4.07. The Morgan fingerprint density at radius 1 is 1.20 bits per heavy atom. The van der Waals surface area contributed by atoms with E-state index in [0.29, 0.717) is 6.42 Å². The summed E-state index contributed by atoms with van der Waals surface area (Å²) in [5.41, 5.74) is 1.18. The van der Waals surface area contributed by atoms with Gasteiger partial charge in [-0.2, -0.15) is 0 Å². The maximum atomic E-state index is 12.1. The fourth-order valence-corrected chi connectivity index (χ4v) is 2.83.